The van der Waals surface area contributed by atoms with Gasteiger partial charge >= 0.3 is 0 Å². The maximum Gasteiger partial charge on any atom is 0.265 e. The third-order valence-electron chi connectivity index (χ3n) is 2.81. The summed E-state index contributed by atoms with van der Waals surface area (Å²) in [5.41, 5.74) is 6.54. The number of halogens is 2. The van der Waals surface area contributed by atoms with Crippen LogP contribution in [0.5, 0.6) is 0 Å². The van der Waals surface area contributed by atoms with E-state index in [0.29, 0.717) is 16.1 Å². The van der Waals surface area contributed by atoms with Gasteiger partial charge in [0.2, 0.25) is 0 Å². The van der Waals surface area contributed by atoms with Crippen LogP contribution in [0.2, 0.25) is 5.02 Å². The van der Waals surface area contributed by atoms with Gasteiger partial charge in [-0.1, -0.05) is 35.9 Å². The molecule has 0 unspecified atom stereocenters. The van der Waals surface area contributed by atoms with Crippen molar-refractivity contribution < 1.29 is 9.59 Å². The van der Waals surface area contributed by atoms with Gasteiger partial charge in [-0.2, -0.15) is 0 Å². The molecule has 3 N–H and O–H groups in total. The quantitative estimate of drug-likeness (QED) is 0.582. The SMILES string of the molecule is NC(=O)C(=Cc1ccc(Cl)cc1)NC(=O)c1ccccc1I. The first-order valence-corrected chi connectivity index (χ1v) is 7.76. The predicted molar refractivity (Wildman–Crippen MR) is 95.2 cm³/mol. The van der Waals surface area contributed by atoms with Crippen LogP contribution in [0.3, 0.4) is 0 Å². The molecule has 0 aliphatic rings. The van der Waals surface area contributed by atoms with Crippen LogP contribution in [0.25, 0.3) is 6.08 Å². The summed E-state index contributed by atoms with van der Waals surface area (Å²) in [4.78, 5) is 23.8. The summed E-state index contributed by atoms with van der Waals surface area (Å²) in [6.45, 7) is 0. The Hall–Kier alpha value is -1.86. The van der Waals surface area contributed by atoms with E-state index in [1.807, 2.05) is 12.1 Å². The van der Waals surface area contributed by atoms with Gasteiger partial charge in [0.25, 0.3) is 11.8 Å². The number of hydrogen-bond acceptors (Lipinski definition) is 2. The van der Waals surface area contributed by atoms with Gasteiger partial charge in [-0.15, -0.1) is 0 Å². The van der Waals surface area contributed by atoms with Crippen molar-refractivity contribution >= 4 is 52.1 Å². The Labute approximate surface area is 146 Å². The zero-order chi connectivity index (χ0) is 16.1. The third kappa shape index (κ3) is 4.32. The second-order valence-corrected chi connectivity index (χ2v) is 6.01. The van der Waals surface area contributed by atoms with Gasteiger partial charge in [0, 0.05) is 8.59 Å². The van der Waals surface area contributed by atoms with E-state index < -0.39 is 5.91 Å². The molecule has 0 atom stereocenters. The molecule has 0 heterocycles. The highest BCUT2D eigenvalue weighted by Gasteiger charge is 2.13. The molecule has 0 bridgehead atoms. The lowest BCUT2D eigenvalue weighted by Crippen LogP contribution is -2.31. The summed E-state index contributed by atoms with van der Waals surface area (Å²) in [5, 5.41) is 3.13. The molecular weight excluding hydrogens is 415 g/mol. The fraction of sp³-hybridized carbons (Fsp3) is 0. The Morgan fingerprint density at radius 1 is 1.09 bits per heavy atom. The highest BCUT2D eigenvalue weighted by Crippen LogP contribution is 2.14. The summed E-state index contributed by atoms with van der Waals surface area (Å²) in [6.07, 6.45) is 1.51. The van der Waals surface area contributed by atoms with E-state index in [2.05, 4.69) is 27.9 Å². The van der Waals surface area contributed by atoms with Crippen molar-refractivity contribution in [2.45, 2.75) is 0 Å². The lowest BCUT2D eigenvalue weighted by Gasteiger charge is -2.08. The van der Waals surface area contributed by atoms with Gasteiger partial charge in [-0.3, -0.25) is 9.59 Å². The Bertz CT molecular complexity index is 742. The monoisotopic (exact) mass is 426 g/mol. The zero-order valence-electron chi connectivity index (χ0n) is 11.3. The largest absolute Gasteiger partial charge is 0.364 e. The summed E-state index contributed by atoms with van der Waals surface area (Å²) in [6, 6.07) is 13.9. The molecule has 4 nitrogen and oxygen atoms in total. The molecule has 0 aliphatic carbocycles. The minimum absolute atomic E-state index is 0.0203. The second-order valence-electron chi connectivity index (χ2n) is 4.41. The van der Waals surface area contributed by atoms with Crippen LogP contribution < -0.4 is 11.1 Å². The third-order valence-corrected chi connectivity index (χ3v) is 4.01. The van der Waals surface area contributed by atoms with Crippen LogP contribution in [0, 0.1) is 3.57 Å². The van der Waals surface area contributed by atoms with E-state index >= 15 is 0 Å². The van der Waals surface area contributed by atoms with Gasteiger partial charge in [-0.25, -0.2) is 0 Å². The number of primary amides is 1. The normalized spacial score (nSPS) is 11.1. The van der Waals surface area contributed by atoms with E-state index in [4.69, 9.17) is 17.3 Å². The van der Waals surface area contributed by atoms with Crippen molar-refractivity contribution in [2.24, 2.45) is 5.73 Å². The van der Waals surface area contributed by atoms with Gasteiger partial charge in [0.15, 0.2) is 0 Å². The molecule has 6 heteroatoms. The fourth-order valence-electron chi connectivity index (χ4n) is 1.73. The van der Waals surface area contributed by atoms with Crippen LogP contribution in [-0.2, 0) is 4.79 Å². The van der Waals surface area contributed by atoms with E-state index in [1.165, 1.54) is 6.08 Å². The topological polar surface area (TPSA) is 72.2 Å². The molecule has 0 saturated carbocycles. The van der Waals surface area contributed by atoms with Crippen molar-refractivity contribution in [1.29, 1.82) is 0 Å². The lowest BCUT2D eigenvalue weighted by atomic mass is 10.1. The van der Waals surface area contributed by atoms with E-state index in [0.717, 1.165) is 3.57 Å². The maximum absolute atomic E-state index is 12.2. The summed E-state index contributed by atoms with van der Waals surface area (Å²) in [7, 11) is 0. The van der Waals surface area contributed by atoms with Crippen molar-refractivity contribution in [3.8, 4) is 0 Å². The van der Waals surface area contributed by atoms with Gasteiger partial charge in [0.05, 0.1) is 5.56 Å². The second kappa shape index (κ2) is 7.42. The first kappa shape index (κ1) is 16.5. The van der Waals surface area contributed by atoms with Gasteiger partial charge < -0.3 is 11.1 Å². The average molecular weight is 427 g/mol. The summed E-state index contributed by atoms with van der Waals surface area (Å²) in [5.74, 6) is -1.10. The number of nitrogens with two attached hydrogens (primary N) is 1. The van der Waals surface area contributed by atoms with Crippen LogP contribution in [0.1, 0.15) is 15.9 Å². The number of rotatable bonds is 4. The van der Waals surface area contributed by atoms with Gasteiger partial charge in [0.1, 0.15) is 5.70 Å². The van der Waals surface area contributed by atoms with E-state index in [-0.39, 0.29) is 11.6 Å². The van der Waals surface area contributed by atoms with Crippen LogP contribution in [-0.4, -0.2) is 11.8 Å². The molecule has 2 amide bonds. The average Bonchev–Trinajstić information content (AvgIpc) is 2.49. The molecule has 0 aromatic heterocycles. The molecule has 0 fully saturated rings. The molecule has 0 saturated heterocycles. The maximum atomic E-state index is 12.2. The highest BCUT2D eigenvalue weighted by molar-refractivity contribution is 14.1. The molecule has 22 heavy (non-hydrogen) atoms. The molecule has 2 aromatic carbocycles. The lowest BCUT2D eigenvalue weighted by molar-refractivity contribution is -0.114. The standard InChI is InChI=1S/C16H12ClIN2O2/c17-11-7-5-10(6-8-11)9-14(15(19)21)20-16(22)12-3-1-2-4-13(12)18/h1-9H,(H2,19,21)(H,20,22). The number of amides is 2. The van der Waals surface area contributed by atoms with Crippen molar-refractivity contribution in [2.75, 3.05) is 0 Å². The molecule has 2 rings (SSSR count). The Balaban J connectivity index is 2.26. The number of carbonyl (C=O) groups excluding carboxylic acids is 2. The van der Waals surface area contributed by atoms with Crippen molar-refractivity contribution in [3.05, 3.63) is 73.9 Å². The Kier molecular flexibility index (Phi) is 5.57. The Morgan fingerprint density at radius 2 is 1.73 bits per heavy atom. The first-order valence-electron chi connectivity index (χ1n) is 6.30. The highest BCUT2D eigenvalue weighted by atomic mass is 127. The number of carbonyl (C=O) groups is 2. The number of benzene rings is 2. The number of hydrogen-bond donors (Lipinski definition) is 2. The Morgan fingerprint density at radius 3 is 2.32 bits per heavy atom. The van der Waals surface area contributed by atoms with Crippen LogP contribution in [0.15, 0.2) is 54.2 Å². The minimum Gasteiger partial charge on any atom is -0.364 e. The molecular formula is C16H12ClIN2O2. The first-order chi connectivity index (χ1) is 10.5. The van der Waals surface area contributed by atoms with E-state index in [9.17, 15) is 9.59 Å². The zero-order valence-corrected chi connectivity index (χ0v) is 14.3. The van der Waals surface area contributed by atoms with Crippen molar-refractivity contribution in [3.63, 3.8) is 0 Å². The summed E-state index contributed by atoms with van der Waals surface area (Å²) >= 11 is 7.87. The van der Waals surface area contributed by atoms with Crippen molar-refractivity contribution in [1.82, 2.24) is 5.32 Å². The predicted octanol–water partition coefficient (Wildman–Crippen LogP) is 3.20. The molecule has 0 spiro atoms. The van der Waals surface area contributed by atoms with Gasteiger partial charge in [-0.05, 0) is 58.5 Å². The summed E-state index contributed by atoms with van der Waals surface area (Å²) < 4.78 is 0.785. The molecule has 112 valence electrons. The minimum atomic E-state index is -0.714. The molecule has 0 aliphatic heterocycles. The van der Waals surface area contributed by atoms with Crippen LogP contribution in [0.4, 0.5) is 0 Å². The van der Waals surface area contributed by atoms with E-state index in [1.54, 1.807) is 36.4 Å². The molecule has 2 aromatic rings. The van der Waals surface area contributed by atoms with Crippen LogP contribution >= 0.6 is 34.2 Å². The number of nitrogens with one attached hydrogen (secondary N) is 1. The smallest absolute Gasteiger partial charge is 0.265 e. The fourth-order valence-corrected chi connectivity index (χ4v) is 2.49. The molecule has 0 radical (unpaired) electrons.